The van der Waals surface area contributed by atoms with Crippen molar-refractivity contribution in [3.05, 3.63) is 34.4 Å². The molecule has 2 N–H and O–H groups in total. The standard InChI is InChI=1S/C11H13BrN2/c1-7(13-2)11-6-8-9(12)4-3-5-10(8)14-11/h3-7,13-14H,1-2H3. The Kier molecular flexibility index (Phi) is 2.61. The molecule has 2 nitrogen and oxygen atoms in total. The van der Waals surface area contributed by atoms with Crippen LogP contribution in [-0.4, -0.2) is 12.0 Å². The molecule has 1 unspecified atom stereocenters. The Morgan fingerprint density at radius 3 is 2.86 bits per heavy atom. The fraction of sp³-hybridized carbons (Fsp3) is 0.273. The Balaban J connectivity index is 2.56. The van der Waals surface area contributed by atoms with Gasteiger partial charge in [-0.1, -0.05) is 22.0 Å². The van der Waals surface area contributed by atoms with Gasteiger partial charge in [0.25, 0.3) is 0 Å². The second-order valence-electron chi connectivity index (χ2n) is 3.44. The molecular formula is C11H13BrN2. The lowest BCUT2D eigenvalue weighted by atomic mass is 10.2. The van der Waals surface area contributed by atoms with Gasteiger partial charge in [-0.25, -0.2) is 0 Å². The number of halogens is 1. The van der Waals surface area contributed by atoms with Crippen molar-refractivity contribution in [1.29, 1.82) is 0 Å². The van der Waals surface area contributed by atoms with Gasteiger partial charge in [-0.05, 0) is 32.2 Å². The van der Waals surface area contributed by atoms with Gasteiger partial charge in [-0.2, -0.15) is 0 Å². The average Bonchev–Trinajstić information content (AvgIpc) is 2.62. The van der Waals surface area contributed by atoms with E-state index in [-0.39, 0.29) is 0 Å². The van der Waals surface area contributed by atoms with Crippen molar-refractivity contribution < 1.29 is 0 Å². The highest BCUT2D eigenvalue weighted by Crippen LogP contribution is 2.26. The van der Waals surface area contributed by atoms with Crippen LogP contribution in [0.25, 0.3) is 10.9 Å². The van der Waals surface area contributed by atoms with E-state index in [2.05, 4.69) is 51.4 Å². The summed E-state index contributed by atoms with van der Waals surface area (Å²) in [7, 11) is 1.96. The third kappa shape index (κ3) is 1.57. The van der Waals surface area contributed by atoms with Gasteiger partial charge in [0.2, 0.25) is 0 Å². The molecule has 0 aliphatic carbocycles. The predicted octanol–water partition coefficient (Wildman–Crippen LogP) is 3.21. The van der Waals surface area contributed by atoms with E-state index in [1.54, 1.807) is 0 Å². The smallest absolute Gasteiger partial charge is 0.0467 e. The number of hydrogen-bond acceptors (Lipinski definition) is 1. The summed E-state index contributed by atoms with van der Waals surface area (Å²) in [4.78, 5) is 3.39. The molecule has 0 spiro atoms. The molecule has 1 atom stereocenters. The summed E-state index contributed by atoms with van der Waals surface area (Å²) in [5, 5.41) is 4.46. The summed E-state index contributed by atoms with van der Waals surface area (Å²) in [6.07, 6.45) is 0. The fourth-order valence-electron chi connectivity index (χ4n) is 1.53. The van der Waals surface area contributed by atoms with Crippen molar-refractivity contribution >= 4 is 26.8 Å². The van der Waals surface area contributed by atoms with Gasteiger partial charge >= 0.3 is 0 Å². The molecule has 0 fully saturated rings. The number of nitrogens with one attached hydrogen (secondary N) is 2. The number of H-pyrrole nitrogens is 1. The maximum atomic E-state index is 3.54. The quantitative estimate of drug-likeness (QED) is 0.845. The van der Waals surface area contributed by atoms with Crippen LogP contribution in [0, 0.1) is 0 Å². The van der Waals surface area contributed by atoms with Gasteiger partial charge in [0, 0.05) is 27.1 Å². The van der Waals surface area contributed by atoms with Crippen LogP contribution in [0.2, 0.25) is 0 Å². The molecule has 0 saturated carbocycles. The zero-order chi connectivity index (χ0) is 10.1. The highest BCUT2D eigenvalue weighted by atomic mass is 79.9. The highest BCUT2D eigenvalue weighted by molar-refractivity contribution is 9.10. The molecule has 0 bridgehead atoms. The molecule has 2 aromatic rings. The summed E-state index contributed by atoms with van der Waals surface area (Å²) in [5.41, 5.74) is 2.39. The SMILES string of the molecule is CNC(C)c1cc2c(Br)cccc2[nH]1. The van der Waals surface area contributed by atoms with Gasteiger partial charge in [-0.15, -0.1) is 0 Å². The second kappa shape index (κ2) is 3.75. The number of rotatable bonds is 2. The Morgan fingerprint density at radius 2 is 2.21 bits per heavy atom. The molecule has 2 rings (SSSR count). The van der Waals surface area contributed by atoms with E-state index in [9.17, 15) is 0 Å². The van der Waals surface area contributed by atoms with Crippen molar-refractivity contribution in [2.24, 2.45) is 0 Å². The number of aromatic amines is 1. The van der Waals surface area contributed by atoms with Gasteiger partial charge < -0.3 is 10.3 Å². The third-order valence-electron chi connectivity index (χ3n) is 2.53. The summed E-state index contributed by atoms with van der Waals surface area (Å²) in [5.74, 6) is 0. The van der Waals surface area contributed by atoms with Gasteiger partial charge in [0.15, 0.2) is 0 Å². The zero-order valence-electron chi connectivity index (χ0n) is 8.26. The van der Waals surface area contributed by atoms with E-state index in [4.69, 9.17) is 0 Å². The number of aromatic nitrogens is 1. The van der Waals surface area contributed by atoms with Crippen molar-refractivity contribution in [3.63, 3.8) is 0 Å². The Hall–Kier alpha value is -0.800. The highest BCUT2D eigenvalue weighted by Gasteiger charge is 2.07. The second-order valence-corrected chi connectivity index (χ2v) is 4.29. The number of benzene rings is 1. The minimum absolute atomic E-state index is 0.356. The summed E-state index contributed by atoms with van der Waals surface area (Å²) < 4.78 is 1.14. The minimum atomic E-state index is 0.356. The first kappa shape index (κ1) is 9.74. The van der Waals surface area contributed by atoms with E-state index in [1.807, 2.05) is 13.1 Å². The lowest BCUT2D eigenvalue weighted by Gasteiger charge is -2.05. The van der Waals surface area contributed by atoms with Crippen LogP contribution < -0.4 is 5.32 Å². The molecule has 1 aromatic heterocycles. The van der Waals surface area contributed by atoms with Crippen molar-refractivity contribution in [3.8, 4) is 0 Å². The van der Waals surface area contributed by atoms with Crippen molar-refractivity contribution in [1.82, 2.24) is 10.3 Å². The first-order valence-corrected chi connectivity index (χ1v) is 5.46. The summed E-state index contributed by atoms with van der Waals surface area (Å²) in [6, 6.07) is 8.72. The van der Waals surface area contributed by atoms with E-state index in [1.165, 1.54) is 16.6 Å². The molecule has 14 heavy (non-hydrogen) atoms. The monoisotopic (exact) mass is 252 g/mol. The molecule has 3 heteroatoms. The topological polar surface area (TPSA) is 27.8 Å². The average molecular weight is 253 g/mol. The van der Waals surface area contributed by atoms with Crippen molar-refractivity contribution in [2.45, 2.75) is 13.0 Å². The normalized spacial score (nSPS) is 13.4. The molecule has 0 aliphatic rings. The van der Waals surface area contributed by atoms with Gasteiger partial charge in [0.05, 0.1) is 0 Å². The van der Waals surface area contributed by atoms with E-state index >= 15 is 0 Å². The van der Waals surface area contributed by atoms with Gasteiger partial charge in [0.1, 0.15) is 0 Å². The molecule has 1 heterocycles. The molecule has 0 saturated heterocycles. The van der Waals surface area contributed by atoms with Crippen LogP contribution in [0.4, 0.5) is 0 Å². The zero-order valence-corrected chi connectivity index (χ0v) is 9.85. The third-order valence-corrected chi connectivity index (χ3v) is 3.22. The summed E-state index contributed by atoms with van der Waals surface area (Å²) in [6.45, 7) is 2.14. The van der Waals surface area contributed by atoms with E-state index in [0.29, 0.717) is 6.04 Å². The van der Waals surface area contributed by atoms with Gasteiger partial charge in [-0.3, -0.25) is 0 Å². The maximum absolute atomic E-state index is 3.54. The molecule has 0 aliphatic heterocycles. The van der Waals surface area contributed by atoms with Crippen LogP contribution in [0.3, 0.4) is 0 Å². The summed E-state index contributed by atoms with van der Waals surface area (Å²) >= 11 is 3.54. The van der Waals surface area contributed by atoms with Crippen molar-refractivity contribution in [2.75, 3.05) is 7.05 Å². The van der Waals surface area contributed by atoms with Crippen LogP contribution in [0.5, 0.6) is 0 Å². The molecule has 0 radical (unpaired) electrons. The molecule has 1 aromatic carbocycles. The first-order valence-electron chi connectivity index (χ1n) is 4.67. The van der Waals surface area contributed by atoms with Crippen LogP contribution in [-0.2, 0) is 0 Å². The van der Waals surface area contributed by atoms with Crippen LogP contribution in [0.15, 0.2) is 28.7 Å². The Morgan fingerprint density at radius 1 is 1.43 bits per heavy atom. The molecule has 74 valence electrons. The molecular weight excluding hydrogens is 240 g/mol. The van der Waals surface area contributed by atoms with E-state index < -0.39 is 0 Å². The van der Waals surface area contributed by atoms with E-state index in [0.717, 1.165) is 4.47 Å². The van der Waals surface area contributed by atoms with Crippen LogP contribution >= 0.6 is 15.9 Å². The maximum Gasteiger partial charge on any atom is 0.0467 e. The largest absolute Gasteiger partial charge is 0.357 e. The lowest BCUT2D eigenvalue weighted by Crippen LogP contribution is -2.12. The Labute approximate surface area is 91.8 Å². The predicted molar refractivity (Wildman–Crippen MR) is 63.5 cm³/mol. The van der Waals surface area contributed by atoms with Crippen LogP contribution in [0.1, 0.15) is 18.7 Å². The first-order chi connectivity index (χ1) is 6.72. The Bertz CT molecular complexity index is 447. The molecule has 0 amide bonds. The lowest BCUT2D eigenvalue weighted by molar-refractivity contribution is 0.638. The fourth-order valence-corrected chi connectivity index (χ4v) is 2.01. The minimum Gasteiger partial charge on any atom is -0.357 e. The number of fused-ring (bicyclic) bond motifs is 1. The number of hydrogen-bond donors (Lipinski definition) is 2.